The van der Waals surface area contributed by atoms with Gasteiger partial charge < -0.3 is 15.5 Å². The molecule has 2 N–H and O–H groups in total. The average Bonchev–Trinajstić information content (AvgIpc) is 3.24. The van der Waals surface area contributed by atoms with E-state index in [4.69, 9.17) is 16.7 Å². The fraction of sp³-hybridized carbons (Fsp3) is 0.389. The second-order valence-electron chi connectivity index (χ2n) is 7.20. The van der Waals surface area contributed by atoms with Crippen LogP contribution in [0.4, 0.5) is 11.5 Å². The number of anilines is 2. The van der Waals surface area contributed by atoms with Gasteiger partial charge in [-0.2, -0.15) is 5.10 Å². The van der Waals surface area contributed by atoms with Crippen LogP contribution in [-0.2, 0) is 7.05 Å². The Balaban J connectivity index is 1.46. The van der Waals surface area contributed by atoms with Gasteiger partial charge in [0.1, 0.15) is 11.5 Å². The molecule has 6 heterocycles. The summed E-state index contributed by atoms with van der Waals surface area (Å²) in [6.45, 7) is 1.94. The van der Waals surface area contributed by atoms with Crippen LogP contribution in [0.5, 0.6) is 0 Å². The van der Waals surface area contributed by atoms with Crippen molar-refractivity contribution < 1.29 is 4.79 Å². The summed E-state index contributed by atoms with van der Waals surface area (Å²) in [6.07, 6.45) is 4.06. The molecule has 9 heteroatoms. The van der Waals surface area contributed by atoms with Crippen molar-refractivity contribution in [2.45, 2.75) is 24.9 Å². The summed E-state index contributed by atoms with van der Waals surface area (Å²) in [5, 5.41) is 15.4. The van der Waals surface area contributed by atoms with Gasteiger partial charge in [-0.1, -0.05) is 11.6 Å². The minimum absolute atomic E-state index is 0.261. The smallest absolute Gasteiger partial charge is 0.274 e. The largest absolute Gasteiger partial charge is 0.349 e. The van der Waals surface area contributed by atoms with E-state index >= 15 is 0 Å². The molecule has 8 nitrogen and oxygen atoms in total. The van der Waals surface area contributed by atoms with Gasteiger partial charge in [-0.15, -0.1) is 5.10 Å². The van der Waals surface area contributed by atoms with Gasteiger partial charge in [0.25, 0.3) is 5.91 Å². The van der Waals surface area contributed by atoms with E-state index in [1.165, 1.54) is 12.8 Å². The van der Waals surface area contributed by atoms with Crippen molar-refractivity contribution in [2.75, 3.05) is 23.3 Å². The molecule has 140 valence electrons. The Hall–Kier alpha value is -2.58. The minimum Gasteiger partial charge on any atom is -0.349 e. The second kappa shape index (κ2) is 6.24. The van der Waals surface area contributed by atoms with Gasteiger partial charge in [0.05, 0.1) is 11.2 Å². The van der Waals surface area contributed by atoms with Crippen LogP contribution < -0.4 is 15.5 Å². The molecular weight excluding hydrogens is 366 g/mol. The zero-order chi connectivity index (χ0) is 18.5. The highest BCUT2D eigenvalue weighted by Gasteiger charge is 2.34. The average molecular weight is 386 g/mol. The molecule has 3 fully saturated rings. The van der Waals surface area contributed by atoms with Crippen molar-refractivity contribution in [1.29, 1.82) is 0 Å². The first-order chi connectivity index (χ1) is 13.1. The highest BCUT2D eigenvalue weighted by molar-refractivity contribution is 6.32. The molecule has 2 bridgehead atoms. The molecule has 0 radical (unpaired) electrons. The second-order valence-corrected chi connectivity index (χ2v) is 7.55. The van der Waals surface area contributed by atoms with Crippen LogP contribution in [0.1, 0.15) is 23.3 Å². The number of aryl methyl sites for hydroxylation is 1. The normalized spacial score (nSPS) is 21.8. The third kappa shape index (κ3) is 2.85. The number of aromatic nitrogens is 4. The zero-order valence-electron chi connectivity index (χ0n) is 14.9. The Bertz CT molecular complexity index is 1020. The number of halogens is 1. The van der Waals surface area contributed by atoms with E-state index in [-0.39, 0.29) is 11.1 Å². The number of hydrogen-bond acceptors (Lipinski definition) is 5. The van der Waals surface area contributed by atoms with Crippen LogP contribution in [0, 0.1) is 0 Å². The minimum atomic E-state index is -0.267. The molecule has 0 aromatic carbocycles. The van der Waals surface area contributed by atoms with Crippen molar-refractivity contribution in [3.8, 4) is 0 Å². The molecule has 3 aliphatic heterocycles. The predicted octanol–water partition coefficient (Wildman–Crippen LogP) is 1.91. The molecule has 0 aliphatic carbocycles. The van der Waals surface area contributed by atoms with E-state index in [2.05, 4.69) is 20.6 Å². The highest BCUT2D eigenvalue weighted by Crippen LogP contribution is 2.27. The Labute approximate surface area is 161 Å². The Morgan fingerprint density at radius 3 is 2.78 bits per heavy atom. The number of fused-ring (bicyclic) bond motifs is 4. The Morgan fingerprint density at radius 2 is 2.11 bits per heavy atom. The fourth-order valence-electron chi connectivity index (χ4n) is 4.02. The van der Waals surface area contributed by atoms with E-state index in [1.807, 2.05) is 18.2 Å². The summed E-state index contributed by atoms with van der Waals surface area (Å²) in [6, 6.07) is 8.69. The predicted molar refractivity (Wildman–Crippen MR) is 104 cm³/mol. The molecule has 1 amide bonds. The number of carbonyl (C=O) groups excluding carboxylic acids is 1. The van der Waals surface area contributed by atoms with Gasteiger partial charge in [-0.05, 0) is 37.1 Å². The number of piperazine rings is 1. The van der Waals surface area contributed by atoms with Gasteiger partial charge in [-0.3, -0.25) is 9.48 Å². The SMILES string of the molecule is Cn1cc(NC(=O)c2ccc3ccc(N4C[C@H]5CCC4CN5)nn23)c(Cl)n1. The van der Waals surface area contributed by atoms with Gasteiger partial charge in [-0.25, -0.2) is 4.52 Å². The van der Waals surface area contributed by atoms with Gasteiger partial charge in [0.2, 0.25) is 0 Å². The third-order valence-corrected chi connectivity index (χ3v) is 5.68. The van der Waals surface area contributed by atoms with E-state index in [1.54, 1.807) is 28.5 Å². The molecule has 3 aromatic heterocycles. The summed E-state index contributed by atoms with van der Waals surface area (Å²) in [7, 11) is 1.75. The molecule has 0 saturated carbocycles. The molecule has 1 unspecified atom stereocenters. The molecule has 6 rings (SSSR count). The van der Waals surface area contributed by atoms with Gasteiger partial charge in [0, 0.05) is 38.4 Å². The number of carbonyl (C=O) groups is 1. The van der Waals surface area contributed by atoms with E-state index in [0.717, 1.165) is 24.4 Å². The molecular formula is C18H20ClN7O. The maximum Gasteiger partial charge on any atom is 0.274 e. The summed E-state index contributed by atoms with van der Waals surface area (Å²) < 4.78 is 3.26. The van der Waals surface area contributed by atoms with Crippen molar-refractivity contribution >= 4 is 34.5 Å². The van der Waals surface area contributed by atoms with E-state index in [9.17, 15) is 4.79 Å². The lowest BCUT2D eigenvalue weighted by atomic mass is 9.93. The lowest BCUT2D eigenvalue weighted by molar-refractivity contribution is 0.102. The molecule has 0 spiro atoms. The number of amides is 1. The van der Waals surface area contributed by atoms with Gasteiger partial charge in [0.15, 0.2) is 5.15 Å². The number of nitrogens with one attached hydrogen (secondary N) is 2. The summed E-state index contributed by atoms with van der Waals surface area (Å²) in [5.41, 5.74) is 1.82. The zero-order valence-corrected chi connectivity index (χ0v) is 15.6. The van der Waals surface area contributed by atoms with Crippen LogP contribution in [0.25, 0.3) is 5.52 Å². The quantitative estimate of drug-likeness (QED) is 0.720. The van der Waals surface area contributed by atoms with E-state index in [0.29, 0.717) is 23.5 Å². The van der Waals surface area contributed by atoms with Crippen molar-refractivity contribution in [1.82, 2.24) is 24.7 Å². The third-order valence-electron chi connectivity index (χ3n) is 5.40. The van der Waals surface area contributed by atoms with Crippen molar-refractivity contribution in [2.24, 2.45) is 7.05 Å². The summed E-state index contributed by atoms with van der Waals surface area (Å²) >= 11 is 6.05. The lowest BCUT2D eigenvalue weighted by Gasteiger charge is -2.46. The molecule has 3 saturated heterocycles. The van der Waals surface area contributed by atoms with Crippen LogP contribution in [0.3, 0.4) is 0 Å². The summed E-state index contributed by atoms with van der Waals surface area (Å²) in [5.74, 6) is 0.639. The Kier molecular flexibility index (Phi) is 3.84. The summed E-state index contributed by atoms with van der Waals surface area (Å²) in [4.78, 5) is 15.1. The first kappa shape index (κ1) is 16.6. The number of piperidine rings is 2. The molecule has 3 aliphatic rings. The standard InChI is InChI=1S/C18H20ClN7O/c1-24-10-14(17(19)23-24)21-18(27)15-6-4-12-5-7-16(22-26(12)15)25-9-11-2-3-13(25)8-20-11/h4-7,10-11,13,20H,2-3,8-9H2,1H3,(H,21,27)/t11-,13?/m1/s1. The van der Waals surface area contributed by atoms with E-state index < -0.39 is 0 Å². The highest BCUT2D eigenvalue weighted by atomic mass is 35.5. The Morgan fingerprint density at radius 1 is 1.26 bits per heavy atom. The maximum atomic E-state index is 12.8. The fourth-order valence-corrected chi connectivity index (χ4v) is 4.24. The van der Waals surface area contributed by atoms with Crippen molar-refractivity contribution in [3.05, 3.63) is 41.3 Å². The molecule has 27 heavy (non-hydrogen) atoms. The number of rotatable bonds is 3. The first-order valence-electron chi connectivity index (χ1n) is 9.08. The lowest BCUT2D eigenvalue weighted by Crippen LogP contribution is -2.61. The van der Waals surface area contributed by atoms with Crippen LogP contribution in [0.15, 0.2) is 30.5 Å². The maximum absolute atomic E-state index is 12.8. The monoisotopic (exact) mass is 385 g/mol. The number of hydrogen-bond donors (Lipinski definition) is 2. The van der Waals surface area contributed by atoms with Gasteiger partial charge >= 0.3 is 0 Å². The van der Waals surface area contributed by atoms with Crippen LogP contribution in [0.2, 0.25) is 5.15 Å². The number of nitrogens with zero attached hydrogens (tertiary/aromatic N) is 5. The topological polar surface area (TPSA) is 79.5 Å². The molecule has 3 aromatic rings. The molecule has 2 atom stereocenters. The first-order valence-corrected chi connectivity index (χ1v) is 9.45. The van der Waals surface area contributed by atoms with Crippen LogP contribution >= 0.6 is 11.6 Å². The van der Waals surface area contributed by atoms with Crippen LogP contribution in [-0.4, -0.2) is 50.5 Å². The van der Waals surface area contributed by atoms with Crippen molar-refractivity contribution in [3.63, 3.8) is 0 Å².